The third-order valence-corrected chi connectivity index (χ3v) is 5.08. The maximum absolute atomic E-state index is 12.5. The molecular weight excluding hydrogens is 388 g/mol. The van der Waals surface area contributed by atoms with Gasteiger partial charge in [0.05, 0.1) is 10.4 Å². The van der Waals surface area contributed by atoms with Crippen molar-refractivity contribution in [2.45, 2.75) is 13.0 Å². The van der Waals surface area contributed by atoms with Crippen LogP contribution in [0.3, 0.4) is 0 Å². The van der Waals surface area contributed by atoms with E-state index in [0.717, 1.165) is 0 Å². The molecule has 3 aromatic rings. The zero-order valence-electron chi connectivity index (χ0n) is 16.0. The van der Waals surface area contributed by atoms with Crippen LogP contribution >= 0.6 is 11.3 Å². The van der Waals surface area contributed by atoms with E-state index >= 15 is 0 Å². The zero-order valence-corrected chi connectivity index (χ0v) is 16.8. The van der Waals surface area contributed by atoms with Crippen molar-refractivity contribution in [3.8, 4) is 0 Å². The Hall–Kier alpha value is -3.45. The summed E-state index contributed by atoms with van der Waals surface area (Å²) in [6, 6.07) is 19.0. The summed E-state index contributed by atoms with van der Waals surface area (Å²) in [6.45, 7) is 1.53. The number of esters is 1. The molecule has 148 valence electrons. The molecule has 0 saturated heterocycles. The van der Waals surface area contributed by atoms with Gasteiger partial charge in [-0.15, -0.1) is 11.3 Å². The number of nitrogens with one attached hydrogen (secondary N) is 1. The lowest BCUT2D eigenvalue weighted by molar-refractivity contribution is -0.126. The Kier molecular flexibility index (Phi) is 6.41. The van der Waals surface area contributed by atoms with Crippen molar-refractivity contribution < 1.29 is 19.1 Å². The Bertz CT molecular complexity index is 1000. The van der Waals surface area contributed by atoms with Crippen molar-refractivity contribution in [1.29, 1.82) is 0 Å². The Morgan fingerprint density at radius 2 is 1.76 bits per heavy atom. The molecule has 3 rings (SSSR count). The van der Waals surface area contributed by atoms with E-state index in [-0.39, 0.29) is 17.4 Å². The van der Waals surface area contributed by atoms with Gasteiger partial charge in [0.25, 0.3) is 11.8 Å². The molecule has 0 radical (unpaired) electrons. The largest absolute Gasteiger partial charge is 0.449 e. The fraction of sp³-hybridized carbons (Fsp3) is 0.136. The second-order valence-electron chi connectivity index (χ2n) is 6.29. The SMILES string of the molecule is CC(OC(=O)c1cccc(NC(=O)c2cccs2)c1)C(=O)N(C)c1ccccc1. The number of para-hydroxylation sites is 1. The summed E-state index contributed by atoms with van der Waals surface area (Å²) in [5.74, 6) is -1.23. The molecule has 0 saturated carbocycles. The molecule has 1 aromatic heterocycles. The van der Waals surface area contributed by atoms with E-state index in [2.05, 4.69) is 5.32 Å². The first-order valence-corrected chi connectivity index (χ1v) is 9.82. The number of carbonyl (C=O) groups is 3. The predicted octanol–water partition coefficient (Wildman–Crippen LogP) is 4.21. The van der Waals surface area contributed by atoms with Gasteiger partial charge in [0.2, 0.25) is 0 Å². The number of likely N-dealkylation sites (N-methyl/N-ethyl adjacent to an activating group) is 1. The molecule has 0 fully saturated rings. The van der Waals surface area contributed by atoms with Gasteiger partial charge in [-0.3, -0.25) is 9.59 Å². The Labute approximate surface area is 172 Å². The second-order valence-corrected chi connectivity index (χ2v) is 7.24. The molecule has 2 amide bonds. The number of hydrogen-bond acceptors (Lipinski definition) is 5. The Balaban J connectivity index is 1.64. The minimum Gasteiger partial charge on any atom is -0.449 e. The molecule has 0 aliphatic heterocycles. The first kappa shape index (κ1) is 20.3. The van der Waals surface area contributed by atoms with Gasteiger partial charge < -0.3 is 15.0 Å². The fourth-order valence-electron chi connectivity index (χ4n) is 2.65. The number of rotatable bonds is 6. The molecule has 6 nitrogen and oxygen atoms in total. The van der Waals surface area contributed by atoms with Crippen molar-refractivity contribution in [2.75, 3.05) is 17.3 Å². The first-order valence-electron chi connectivity index (χ1n) is 8.94. The molecule has 1 N–H and O–H groups in total. The summed E-state index contributed by atoms with van der Waals surface area (Å²) in [5, 5.41) is 4.56. The maximum Gasteiger partial charge on any atom is 0.338 e. The van der Waals surface area contributed by atoms with Crippen LogP contribution in [0.5, 0.6) is 0 Å². The highest BCUT2D eigenvalue weighted by Gasteiger charge is 2.23. The topological polar surface area (TPSA) is 75.7 Å². The first-order chi connectivity index (χ1) is 14.0. The number of nitrogens with zero attached hydrogens (tertiary/aromatic N) is 1. The molecule has 29 heavy (non-hydrogen) atoms. The number of amides is 2. The number of thiophene rings is 1. The van der Waals surface area contributed by atoms with E-state index in [4.69, 9.17) is 4.74 Å². The highest BCUT2D eigenvalue weighted by atomic mass is 32.1. The monoisotopic (exact) mass is 408 g/mol. The predicted molar refractivity (Wildman–Crippen MR) is 113 cm³/mol. The smallest absolute Gasteiger partial charge is 0.338 e. The molecule has 7 heteroatoms. The summed E-state index contributed by atoms with van der Waals surface area (Å²) < 4.78 is 5.33. The van der Waals surface area contributed by atoms with Crippen molar-refractivity contribution >= 4 is 40.5 Å². The molecular formula is C22H20N2O4S. The van der Waals surface area contributed by atoms with Gasteiger partial charge in [-0.05, 0) is 48.7 Å². The minimum absolute atomic E-state index is 0.246. The van der Waals surface area contributed by atoms with Crippen LogP contribution in [0.2, 0.25) is 0 Å². The van der Waals surface area contributed by atoms with Crippen molar-refractivity contribution in [3.05, 3.63) is 82.6 Å². The van der Waals surface area contributed by atoms with Crippen molar-refractivity contribution in [3.63, 3.8) is 0 Å². The quantitative estimate of drug-likeness (QED) is 0.620. The van der Waals surface area contributed by atoms with Crippen LogP contribution < -0.4 is 10.2 Å². The van der Waals surface area contributed by atoms with Gasteiger partial charge in [0.15, 0.2) is 6.10 Å². The van der Waals surface area contributed by atoms with Crippen molar-refractivity contribution in [2.24, 2.45) is 0 Å². The summed E-state index contributed by atoms with van der Waals surface area (Å²) in [5.41, 5.74) is 1.42. The Morgan fingerprint density at radius 3 is 2.45 bits per heavy atom. The number of ether oxygens (including phenoxy) is 1. The Morgan fingerprint density at radius 1 is 1.00 bits per heavy atom. The number of hydrogen-bond donors (Lipinski definition) is 1. The molecule has 1 heterocycles. The molecule has 0 bridgehead atoms. The van der Waals surface area contributed by atoms with Crippen LogP contribution in [0.1, 0.15) is 27.0 Å². The maximum atomic E-state index is 12.5. The lowest BCUT2D eigenvalue weighted by Gasteiger charge is -2.21. The van der Waals surface area contributed by atoms with E-state index in [0.29, 0.717) is 16.3 Å². The van der Waals surface area contributed by atoms with Crippen LogP contribution in [-0.4, -0.2) is 30.9 Å². The van der Waals surface area contributed by atoms with Crippen LogP contribution in [0.15, 0.2) is 72.1 Å². The van der Waals surface area contributed by atoms with Crippen LogP contribution in [0.25, 0.3) is 0 Å². The van der Waals surface area contributed by atoms with Gasteiger partial charge in [-0.2, -0.15) is 0 Å². The number of benzene rings is 2. The van der Waals surface area contributed by atoms with Crippen LogP contribution in [-0.2, 0) is 9.53 Å². The number of anilines is 2. The summed E-state index contributed by atoms with van der Waals surface area (Å²) >= 11 is 1.33. The van der Waals surface area contributed by atoms with E-state index in [9.17, 15) is 14.4 Å². The van der Waals surface area contributed by atoms with Gasteiger partial charge in [-0.1, -0.05) is 30.3 Å². The molecule has 0 aliphatic carbocycles. The van der Waals surface area contributed by atoms with E-state index in [1.807, 2.05) is 23.6 Å². The summed E-state index contributed by atoms with van der Waals surface area (Å²) in [4.78, 5) is 39.2. The molecule has 1 unspecified atom stereocenters. The summed E-state index contributed by atoms with van der Waals surface area (Å²) in [6.07, 6.45) is -0.961. The van der Waals surface area contributed by atoms with Crippen LogP contribution in [0, 0.1) is 0 Å². The van der Waals surface area contributed by atoms with Gasteiger partial charge in [-0.25, -0.2) is 4.79 Å². The zero-order chi connectivity index (χ0) is 20.8. The highest BCUT2D eigenvalue weighted by molar-refractivity contribution is 7.12. The standard InChI is InChI=1S/C22H20N2O4S/c1-15(21(26)24(2)18-10-4-3-5-11-18)28-22(27)16-8-6-9-17(14-16)23-20(25)19-12-7-13-29-19/h3-15H,1-2H3,(H,23,25). The normalized spacial score (nSPS) is 11.4. The average molecular weight is 408 g/mol. The van der Waals surface area contributed by atoms with Gasteiger partial charge in [0.1, 0.15) is 0 Å². The van der Waals surface area contributed by atoms with Gasteiger partial charge >= 0.3 is 5.97 Å². The molecule has 0 aliphatic rings. The number of carbonyl (C=O) groups excluding carboxylic acids is 3. The minimum atomic E-state index is -0.961. The van der Waals surface area contributed by atoms with E-state index in [1.165, 1.54) is 29.2 Å². The second kappa shape index (κ2) is 9.16. The van der Waals surface area contributed by atoms with E-state index < -0.39 is 12.1 Å². The molecule has 2 aromatic carbocycles. The molecule has 0 spiro atoms. The van der Waals surface area contributed by atoms with Crippen LogP contribution in [0.4, 0.5) is 11.4 Å². The lowest BCUT2D eigenvalue weighted by atomic mass is 10.2. The third kappa shape index (κ3) is 5.08. The summed E-state index contributed by atoms with van der Waals surface area (Å²) in [7, 11) is 1.63. The van der Waals surface area contributed by atoms with Gasteiger partial charge in [0, 0.05) is 18.4 Å². The molecule has 1 atom stereocenters. The fourth-order valence-corrected chi connectivity index (χ4v) is 3.27. The highest BCUT2D eigenvalue weighted by Crippen LogP contribution is 2.17. The lowest BCUT2D eigenvalue weighted by Crippen LogP contribution is -2.37. The van der Waals surface area contributed by atoms with Crippen molar-refractivity contribution in [1.82, 2.24) is 0 Å². The third-order valence-electron chi connectivity index (χ3n) is 4.21. The van der Waals surface area contributed by atoms with E-state index in [1.54, 1.807) is 49.5 Å². The average Bonchev–Trinajstić information content (AvgIpc) is 3.28.